The van der Waals surface area contributed by atoms with Crippen LogP contribution in [0.3, 0.4) is 0 Å². The van der Waals surface area contributed by atoms with Crippen LogP contribution in [0.2, 0.25) is 0 Å². The van der Waals surface area contributed by atoms with Crippen LogP contribution in [0.5, 0.6) is 0 Å². The Kier molecular flexibility index (Phi) is 2.16. The van der Waals surface area contributed by atoms with Crippen molar-refractivity contribution in [1.82, 2.24) is 0 Å². The van der Waals surface area contributed by atoms with Crippen molar-refractivity contribution in [2.45, 2.75) is 33.1 Å². The average Bonchev–Trinajstić information content (AvgIpc) is 1.89. The lowest BCUT2D eigenvalue weighted by Crippen LogP contribution is -2.12. The van der Waals surface area contributed by atoms with Crippen LogP contribution in [0.25, 0.3) is 0 Å². The van der Waals surface area contributed by atoms with Crippen LogP contribution in [-0.4, -0.2) is 0 Å². The Morgan fingerprint density at radius 2 is 2.00 bits per heavy atom. The minimum absolute atomic E-state index is 0.844. The van der Waals surface area contributed by atoms with Crippen molar-refractivity contribution in [1.29, 1.82) is 0 Å². The van der Waals surface area contributed by atoms with Crippen LogP contribution in [0, 0.1) is 23.7 Å². The van der Waals surface area contributed by atoms with E-state index in [1.165, 1.54) is 6.42 Å². The van der Waals surface area contributed by atoms with Gasteiger partial charge in [0.05, 0.1) is 0 Å². The number of hydrogen-bond acceptors (Lipinski definition) is 0. The van der Waals surface area contributed by atoms with Gasteiger partial charge in [0.15, 0.2) is 0 Å². The zero-order valence-electron chi connectivity index (χ0n) is 6.28. The lowest BCUT2D eigenvalue weighted by atomic mass is 9.84. The molecule has 9 heavy (non-hydrogen) atoms. The molecule has 0 fully saturated rings. The Hall–Kier alpha value is -0.440. The molecule has 0 spiro atoms. The minimum Gasteiger partial charge on any atom is -0.103 e. The fraction of sp³-hybridized carbons (Fsp3) is 0.778. The summed E-state index contributed by atoms with van der Waals surface area (Å²) < 4.78 is 0. The summed E-state index contributed by atoms with van der Waals surface area (Å²) in [5, 5.41) is 0. The van der Waals surface area contributed by atoms with Gasteiger partial charge in [-0.2, -0.15) is 0 Å². The van der Waals surface area contributed by atoms with Crippen molar-refractivity contribution in [2.24, 2.45) is 11.8 Å². The van der Waals surface area contributed by atoms with Crippen LogP contribution in [-0.2, 0) is 0 Å². The molecule has 0 bridgehead atoms. The standard InChI is InChI=1S/C9H14/c1-3-9-7-5-4-6-8(9)2/h8-9H,3,6-7H2,1-2H3. The Bertz CT molecular complexity index is 136. The normalized spacial score (nSPS) is 33.1. The summed E-state index contributed by atoms with van der Waals surface area (Å²) in [5.41, 5.74) is 0. The zero-order chi connectivity index (χ0) is 6.69. The highest BCUT2D eigenvalue weighted by Crippen LogP contribution is 2.23. The summed E-state index contributed by atoms with van der Waals surface area (Å²) >= 11 is 0. The molecule has 1 aliphatic carbocycles. The fourth-order valence-corrected chi connectivity index (χ4v) is 1.35. The molecule has 0 amide bonds. The van der Waals surface area contributed by atoms with E-state index in [1.54, 1.807) is 0 Å². The summed E-state index contributed by atoms with van der Waals surface area (Å²) in [6.07, 6.45) is 3.56. The lowest BCUT2D eigenvalue weighted by Gasteiger charge is -2.20. The lowest BCUT2D eigenvalue weighted by molar-refractivity contribution is 0.352. The zero-order valence-corrected chi connectivity index (χ0v) is 6.28. The molecule has 1 aliphatic rings. The number of rotatable bonds is 1. The first kappa shape index (κ1) is 6.68. The topological polar surface area (TPSA) is 0 Å². The molecule has 0 N–H and O–H groups in total. The third-order valence-corrected chi connectivity index (χ3v) is 2.24. The fourth-order valence-electron chi connectivity index (χ4n) is 1.35. The molecular weight excluding hydrogens is 108 g/mol. The molecule has 0 heteroatoms. The van der Waals surface area contributed by atoms with E-state index in [0.29, 0.717) is 0 Å². The van der Waals surface area contributed by atoms with Gasteiger partial charge in [-0.25, -0.2) is 0 Å². The molecule has 50 valence electrons. The quantitative estimate of drug-likeness (QED) is 0.469. The highest BCUT2D eigenvalue weighted by molar-refractivity contribution is 5.05. The van der Waals surface area contributed by atoms with Crippen LogP contribution in [0.1, 0.15) is 33.1 Å². The molecule has 0 radical (unpaired) electrons. The van der Waals surface area contributed by atoms with Crippen molar-refractivity contribution < 1.29 is 0 Å². The maximum absolute atomic E-state index is 3.17. The molecule has 0 aromatic rings. The van der Waals surface area contributed by atoms with E-state index in [1.807, 2.05) is 0 Å². The van der Waals surface area contributed by atoms with Crippen molar-refractivity contribution in [2.75, 3.05) is 0 Å². The van der Waals surface area contributed by atoms with Gasteiger partial charge in [-0.3, -0.25) is 0 Å². The summed E-state index contributed by atoms with van der Waals surface area (Å²) in [6.45, 7) is 4.57. The molecule has 0 aliphatic heterocycles. The second kappa shape index (κ2) is 2.92. The van der Waals surface area contributed by atoms with Crippen molar-refractivity contribution in [3.63, 3.8) is 0 Å². The summed E-state index contributed by atoms with van der Waals surface area (Å²) in [6, 6.07) is 0. The van der Waals surface area contributed by atoms with Crippen LogP contribution >= 0.6 is 0 Å². The van der Waals surface area contributed by atoms with Gasteiger partial charge in [-0.05, 0) is 11.8 Å². The second-order valence-electron chi connectivity index (χ2n) is 2.91. The maximum atomic E-state index is 3.17. The highest BCUT2D eigenvalue weighted by Gasteiger charge is 2.15. The first-order valence-electron chi connectivity index (χ1n) is 3.80. The van der Waals surface area contributed by atoms with Crippen molar-refractivity contribution in [3.05, 3.63) is 0 Å². The Morgan fingerprint density at radius 3 is 2.44 bits per heavy atom. The van der Waals surface area contributed by atoms with E-state index in [9.17, 15) is 0 Å². The molecule has 0 saturated heterocycles. The number of hydrogen-bond donors (Lipinski definition) is 0. The SMILES string of the molecule is CCC1CC#CCC1C. The van der Waals surface area contributed by atoms with E-state index in [4.69, 9.17) is 0 Å². The Labute approximate surface area is 57.7 Å². The van der Waals surface area contributed by atoms with E-state index in [0.717, 1.165) is 24.7 Å². The summed E-state index contributed by atoms with van der Waals surface area (Å²) in [5.74, 6) is 8.04. The molecule has 1 rings (SSSR count). The third kappa shape index (κ3) is 1.48. The largest absolute Gasteiger partial charge is 0.103 e. The van der Waals surface area contributed by atoms with Gasteiger partial charge in [0.1, 0.15) is 0 Å². The average molecular weight is 122 g/mol. The van der Waals surface area contributed by atoms with Crippen LogP contribution in [0.4, 0.5) is 0 Å². The van der Waals surface area contributed by atoms with Gasteiger partial charge < -0.3 is 0 Å². The first-order valence-corrected chi connectivity index (χ1v) is 3.80. The maximum Gasteiger partial charge on any atom is 0.0120 e. The smallest absolute Gasteiger partial charge is 0.0120 e. The third-order valence-electron chi connectivity index (χ3n) is 2.24. The molecule has 2 unspecified atom stereocenters. The molecule has 2 atom stereocenters. The second-order valence-corrected chi connectivity index (χ2v) is 2.91. The predicted molar refractivity (Wildman–Crippen MR) is 40.0 cm³/mol. The van der Waals surface area contributed by atoms with Gasteiger partial charge in [-0.15, -0.1) is 11.8 Å². The molecule has 0 heterocycles. The molecule has 0 saturated carbocycles. The van der Waals surface area contributed by atoms with E-state index < -0.39 is 0 Å². The van der Waals surface area contributed by atoms with E-state index in [-0.39, 0.29) is 0 Å². The summed E-state index contributed by atoms with van der Waals surface area (Å²) in [7, 11) is 0. The molecule has 0 aromatic carbocycles. The summed E-state index contributed by atoms with van der Waals surface area (Å²) in [4.78, 5) is 0. The van der Waals surface area contributed by atoms with E-state index >= 15 is 0 Å². The van der Waals surface area contributed by atoms with Gasteiger partial charge in [0.25, 0.3) is 0 Å². The van der Waals surface area contributed by atoms with Crippen LogP contribution in [0.15, 0.2) is 0 Å². The van der Waals surface area contributed by atoms with Crippen LogP contribution < -0.4 is 0 Å². The van der Waals surface area contributed by atoms with Crippen molar-refractivity contribution in [3.8, 4) is 11.8 Å². The van der Waals surface area contributed by atoms with E-state index in [2.05, 4.69) is 25.7 Å². The predicted octanol–water partition coefficient (Wildman–Crippen LogP) is 2.45. The molecule has 0 nitrogen and oxygen atoms in total. The Balaban J connectivity index is 2.47. The first-order chi connectivity index (χ1) is 4.34. The van der Waals surface area contributed by atoms with Gasteiger partial charge in [0.2, 0.25) is 0 Å². The molecular formula is C9H14. The van der Waals surface area contributed by atoms with Gasteiger partial charge >= 0.3 is 0 Å². The minimum atomic E-state index is 0.844. The van der Waals surface area contributed by atoms with Gasteiger partial charge in [0, 0.05) is 12.8 Å². The van der Waals surface area contributed by atoms with Crippen molar-refractivity contribution >= 4 is 0 Å². The molecule has 0 aromatic heterocycles. The Morgan fingerprint density at radius 1 is 1.33 bits per heavy atom. The monoisotopic (exact) mass is 122 g/mol. The highest BCUT2D eigenvalue weighted by atomic mass is 14.2. The van der Waals surface area contributed by atoms with Gasteiger partial charge in [-0.1, -0.05) is 20.3 Å².